The maximum atomic E-state index is 9.03. The SMILES string of the molecule is OCCN(CC1=C=CC=C1)CC1=C=CC=C1. The van der Waals surface area contributed by atoms with Crippen LogP contribution < -0.4 is 0 Å². The van der Waals surface area contributed by atoms with Crippen LogP contribution in [0.5, 0.6) is 0 Å². The minimum Gasteiger partial charge on any atom is -0.395 e. The zero-order chi connectivity index (χ0) is 11.2. The first-order valence-electron chi connectivity index (χ1n) is 5.46. The monoisotopic (exact) mass is 213 g/mol. The molecule has 0 spiro atoms. The van der Waals surface area contributed by atoms with Gasteiger partial charge in [-0.1, -0.05) is 12.2 Å². The summed E-state index contributed by atoms with van der Waals surface area (Å²) < 4.78 is 0. The highest BCUT2D eigenvalue weighted by Crippen LogP contribution is 2.09. The molecule has 82 valence electrons. The minimum absolute atomic E-state index is 0.182. The fourth-order valence-corrected chi connectivity index (χ4v) is 1.77. The van der Waals surface area contributed by atoms with Crippen LogP contribution in [0.25, 0.3) is 0 Å². The van der Waals surface area contributed by atoms with Crippen LogP contribution in [-0.4, -0.2) is 36.2 Å². The van der Waals surface area contributed by atoms with Crippen LogP contribution in [0.3, 0.4) is 0 Å². The standard InChI is InChI=1S/C14H15NO/c16-10-9-15(11-13-5-1-2-6-13)12-14-7-3-4-8-14/h1-5,7,16H,9-12H2. The molecule has 0 radical (unpaired) electrons. The van der Waals surface area contributed by atoms with E-state index in [9.17, 15) is 0 Å². The number of hydrogen-bond acceptors (Lipinski definition) is 2. The summed E-state index contributed by atoms with van der Waals surface area (Å²) in [4.78, 5) is 2.19. The fourth-order valence-electron chi connectivity index (χ4n) is 1.77. The molecule has 0 amide bonds. The summed E-state index contributed by atoms with van der Waals surface area (Å²) in [6.45, 7) is 2.51. The van der Waals surface area contributed by atoms with Crippen LogP contribution in [0.1, 0.15) is 0 Å². The Labute approximate surface area is 95.9 Å². The van der Waals surface area contributed by atoms with E-state index in [1.165, 1.54) is 11.1 Å². The van der Waals surface area contributed by atoms with Crippen molar-refractivity contribution in [3.05, 3.63) is 59.1 Å². The summed E-state index contributed by atoms with van der Waals surface area (Å²) in [7, 11) is 0. The summed E-state index contributed by atoms with van der Waals surface area (Å²) in [6, 6.07) is 0. The van der Waals surface area contributed by atoms with Crippen molar-refractivity contribution in [3.63, 3.8) is 0 Å². The third-order valence-corrected chi connectivity index (χ3v) is 2.53. The van der Waals surface area contributed by atoms with Gasteiger partial charge in [0.05, 0.1) is 6.61 Å². The molecule has 0 aromatic heterocycles. The topological polar surface area (TPSA) is 23.5 Å². The molecule has 2 nitrogen and oxygen atoms in total. The van der Waals surface area contributed by atoms with Crippen molar-refractivity contribution in [3.8, 4) is 0 Å². The van der Waals surface area contributed by atoms with Crippen molar-refractivity contribution in [1.29, 1.82) is 0 Å². The Hall–Kier alpha value is -1.56. The fraction of sp³-hybridized carbons (Fsp3) is 0.286. The normalized spacial score (nSPS) is 16.4. The highest BCUT2D eigenvalue weighted by atomic mass is 16.3. The lowest BCUT2D eigenvalue weighted by atomic mass is 10.2. The molecule has 1 N–H and O–H groups in total. The Morgan fingerprint density at radius 1 is 1.00 bits per heavy atom. The smallest absolute Gasteiger partial charge is 0.0558 e. The maximum Gasteiger partial charge on any atom is 0.0558 e. The van der Waals surface area contributed by atoms with Gasteiger partial charge in [-0.15, -0.1) is 11.5 Å². The van der Waals surface area contributed by atoms with Crippen LogP contribution in [0.15, 0.2) is 59.1 Å². The third kappa shape index (κ3) is 2.96. The quantitative estimate of drug-likeness (QED) is 0.677. The second-order valence-electron chi connectivity index (χ2n) is 3.82. The van der Waals surface area contributed by atoms with E-state index < -0.39 is 0 Å². The molecular weight excluding hydrogens is 198 g/mol. The summed E-state index contributed by atoms with van der Waals surface area (Å²) in [5, 5.41) is 9.03. The zero-order valence-electron chi connectivity index (χ0n) is 9.19. The molecule has 16 heavy (non-hydrogen) atoms. The van der Waals surface area contributed by atoms with Crippen molar-refractivity contribution in [2.24, 2.45) is 0 Å². The van der Waals surface area contributed by atoms with E-state index in [0.29, 0.717) is 6.54 Å². The number of nitrogens with zero attached hydrogens (tertiary/aromatic N) is 1. The van der Waals surface area contributed by atoms with Crippen LogP contribution >= 0.6 is 0 Å². The van der Waals surface area contributed by atoms with E-state index in [1.54, 1.807) is 0 Å². The molecule has 2 aliphatic rings. The lowest BCUT2D eigenvalue weighted by Gasteiger charge is -2.20. The molecule has 0 unspecified atom stereocenters. The number of aliphatic hydroxyl groups is 1. The molecular formula is C14H15NO. The summed E-state index contributed by atoms with van der Waals surface area (Å²) in [5.41, 5.74) is 8.68. The Bertz CT molecular complexity index is 401. The molecule has 2 rings (SSSR count). The predicted molar refractivity (Wildman–Crippen MR) is 65.0 cm³/mol. The second-order valence-corrected chi connectivity index (χ2v) is 3.82. The average Bonchev–Trinajstić information content (AvgIpc) is 2.91. The van der Waals surface area contributed by atoms with Crippen molar-refractivity contribution in [2.45, 2.75) is 0 Å². The largest absolute Gasteiger partial charge is 0.395 e. The molecule has 0 fully saturated rings. The zero-order valence-corrected chi connectivity index (χ0v) is 9.19. The van der Waals surface area contributed by atoms with Crippen molar-refractivity contribution < 1.29 is 5.11 Å². The van der Waals surface area contributed by atoms with Crippen LogP contribution in [-0.2, 0) is 0 Å². The number of aliphatic hydroxyl groups excluding tert-OH is 1. The first kappa shape index (κ1) is 10.9. The molecule has 0 atom stereocenters. The Kier molecular flexibility index (Phi) is 3.76. The summed E-state index contributed by atoms with van der Waals surface area (Å²) in [6.07, 6.45) is 11.9. The molecule has 0 aromatic carbocycles. The van der Waals surface area contributed by atoms with Gasteiger partial charge in [0.1, 0.15) is 0 Å². The van der Waals surface area contributed by atoms with Gasteiger partial charge in [0.2, 0.25) is 0 Å². The van der Waals surface area contributed by atoms with E-state index in [2.05, 4.69) is 28.5 Å². The van der Waals surface area contributed by atoms with Crippen molar-refractivity contribution in [1.82, 2.24) is 4.90 Å². The Morgan fingerprint density at radius 2 is 1.56 bits per heavy atom. The molecule has 0 saturated carbocycles. The number of rotatable bonds is 6. The molecule has 0 aliphatic heterocycles. The highest BCUT2D eigenvalue weighted by Gasteiger charge is 2.08. The van der Waals surface area contributed by atoms with Crippen molar-refractivity contribution in [2.75, 3.05) is 26.2 Å². The second kappa shape index (κ2) is 5.50. The lowest BCUT2D eigenvalue weighted by molar-refractivity contribution is 0.217. The van der Waals surface area contributed by atoms with Crippen LogP contribution in [0, 0.1) is 0 Å². The van der Waals surface area contributed by atoms with Gasteiger partial charge in [-0.25, -0.2) is 0 Å². The minimum atomic E-state index is 0.182. The Balaban J connectivity index is 1.94. The number of hydrogen-bond donors (Lipinski definition) is 1. The molecule has 2 heteroatoms. The molecule has 2 aliphatic carbocycles. The molecule has 0 saturated heterocycles. The van der Waals surface area contributed by atoms with Gasteiger partial charge in [0, 0.05) is 30.8 Å². The van der Waals surface area contributed by atoms with Gasteiger partial charge < -0.3 is 5.11 Å². The van der Waals surface area contributed by atoms with Gasteiger partial charge >= 0.3 is 0 Å². The van der Waals surface area contributed by atoms with Gasteiger partial charge in [0.25, 0.3) is 0 Å². The summed E-state index contributed by atoms with van der Waals surface area (Å²) in [5.74, 6) is 0. The predicted octanol–water partition coefficient (Wildman–Crippen LogP) is 1.58. The first-order valence-corrected chi connectivity index (χ1v) is 5.46. The van der Waals surface area contributed by atoms with E-state index in [1.807, 2.05) is 24.3 Å². The molecule has 0 heterocycles. The first-order chi connectivity index (χ1) is 7.88. The van der Waals surface area contributed by atoms with Crippen LogP contribution in [0.4, 0.5) is 0 Å². The maximum absolute atomic E-state index is 9.03. The van der Waals surface area contributed by atoms with Gasteiger partial charge in [-0.05, 0) is 24.3 Å². The van der Waals surface area contributed by atoms with Crippen LogP contribution in [0.2, 0.25) is 0 Å². The number of allylic oxidation sites excluding steroid dienone is 2. The molecule has 0 aromatic rings. The highest BCUT2D eigenvalue weighted by molar-refractivity contribution is 5.32. The van der Waals surface area contributed by atoms with E-state index in [4.69, 9.17) is 5.11 Å². The van der Waals surface area contributed by atoms with E-state index in [-0.39, 0.29) is 6.61 Å². The summed E-state index contributed by atoms with van der Waals surface area (Å²) >= 11 is 0. The van der Waals surface area contributed by atoms with Gasteiger partial charge in [-0.3, -0.25) is 4.90 Å². The molecule has 0 bridgehead atoms. The van der Waals surface area contributed by atoms with Gasteiger partial charge in [-0.2, -0.15) is 0 Å². The van der Waals surface area contributed by atoms with E-state index in [0.717, 1.165) is 13.1 Å². The third-order valence-electron chi connectivity index (χ3n) is 2.53. The van der Waals surface area contributed by atoms with Crippen molar-refractivity contribution >= 4 is 0 Å². The Morgan fingerprint density at radius 3 is 1.94 bits per heavy atom. The average molecular weight is 213 g/mol. The van der Waals surface area contributed by atoms with Gasteiger partial charge in [0.15, 0.2) is 0 Å². The van der Waals surface area contributed by atoms with E-state index >= 15 is 0 Å². The lowest BCUT2D eigenvalue weighted by Crippen LogP contribution is -2.30.